The molecule has 14 heavy (non-hydrogen) atoms. The molecule has 0 spiro atoms. The summed E-state index contributed by atoms with van der Waals surface area (Å²) in [4.78, 5) is 0. The van der Waals surface area contributed by atoms with Crippen LogP contribution in [0.5, 0.6) is 0 Å². The lowest BCUT2D eigenvalue weighted by Gasteiger charge is -2.16. The Morgan fingerprint density at radius 3 is 2.64 bits per heavy atom. The Bertz CT molecular complexity index is 297. The molecular weight excluding hydrogens is 178 g/mol. The van der Waals surface area contributed by atoms with Gasteiger partial charge in [-0.3, -0.25) is 0 Å². The molecule has 0 heterocycles. The molecule has 4 nitrogen and oxygen atoms in total. The molecule has 0 aliphatic carbocycles. The van der Waals surface area contributed by atoms with Crippen LogP contribution in [0.4, 0.5) is 5.69 Å². The Hall–Kier alpha value is -1.71. The Balaban J connectivity index is 2.67. The number of hydrogen-bond acceptors (Lipinski definition) is 3. The summed E-state index contributed by atoms with van der Waals surface area (Å²) in [6.07, 6.45) is 0.769. The fraction of sp³-hybridized carbons (Fsp3) is 0.300. The van der Waals surface area contributed by atoms with Crippen molar-refractivity contribution in [1.29, 1.82) is 0 Å². The Kier molecular flexibility index (Phi) is 3.79. The number of anilines is 1. The summed E-state index contributed by atoms with van der Waals surface area (Å²) in [5.41, 5.74) is 6.48. The maximum atomic E-state index is 8.54. The van der Waals surface area contributed by atoms with Crippen LogP contribution in [0, 0.1) is 0 Å². The molecule has 1 aromatic rings. The quantitative estimate of drug-likeness (QED) is 0.294. The number of nitrogens with zero attached hydrogens (tertiary/aromatic N) is 1. The van der Waals surface area contributed by atoms with Gasteiger partial charge in [0.05, 0.1) is 6.04 Å². The van der Waals surface area contributed by atoms with Gasteiger partial charge in [0.1, 0.15) is 0 Å². The topological polar surface area (TPSA) is 70.6 Å². The number of para-hydroxylation sites is 1. The van der Waals surface area contributed by atoms with Gasteiger partial charge in [-0.25, -0.2) is 0 Å². The highest BCUT2D eigenvalue weighted by Crippen LogP contribution is 2.08. The minimum Gasteiger partial charge on any atom is -0.409 e. The van der Waals surface area contributed by atoms with Crippen LogP contribution in [-0.2, 0) is 0 Å². The molecule has 0 saturated heterocycles. The van der Waals surface area contributed by atoms with Gasteiger partial charge in [-0.15, -0.1) is 0 Å². The van der Waals surface area contributed by atoms with Crippen LogP contribution >= 0.6 is 0 Å². The zero-order valence-corrected chi connectivity index (χ0v) is 8.14. The number of rotatable bonds is 4. The minimum absolute atomic E-state index is 0.123. The van der Waals surface area contributed by atoms with E-state index in [-0.39, 0.29) is 11.9 Å². The van der Waals surface area contributed by atoms with E-state index in [0.29, 0.717) is 0 Å². The van der Waals surface area contributed by atoms with Crippen molar-refractivity contribution >= 4 is 11.5 Å². The third-order valence-corrected chi connectivity index (χ3v) is 2.00. The molecule has 4 N–H and O–H groups in total. The lowest BCUT2D eigenvalue weighted by molar-refractivity contribution is 0.316. The van der Waals surface area contributed by atoms with Crippen LogP contribution < -0.4 is 11.1 Å². The first-order chi connectivity index (χ1) is 6.77. The number of nitrogens with two attached hydrogens (primary N) is 1. The van der Waals surface area contributed by atoms with Gasteiger partial charge in [0.25, 0.3) is 0 Å². The fourth-order valence-corrected chi connectivity index (χ4v) is 1.19. The maximum Gasteiger partial charge on any atom is 0.161 e. The van der Waals surface area contributed by atoms with Crippen LogP contribution in [0.25, 0.3) is 0 Å². The average molecular weight is 193 g/mol. The van der Waals surface area contributed by atoms with E-state index >= 15 is 0 Å². The fourth-order valence-electron chi connectivity index (χ4n) is 1.19. The van der Waals surface area contributed by atoms with E-state index in [9.17, 15) is 0 Å². The molecule has 0 fully saturated rings. The van der Waals surface area contributed by atoms with Gasteiger partial charge in [0, 0.05) is 5.69 Å². The van der Waals surface area contributed by atoms with E-state index in [0.717, 1.165) is 12.1 Å². The monoisotopic (exact) mass is 193 g/mol. The van der Waals surface area contributed by atoms with Crippen molar-refractivity contribution in [2.75, 3.05) is 5.32 Å². The molecule has 0 aromatic heterocycles. The zero-order valence-electron chi connectivity index (χ0n) is 8.14. The van der Waals surface area contributed by atoms with Gasteiger partial charge >= 0.3 is 0 Å². The predicted molar refractivity (Wildman–Crippen MR) is 57.6 cm³/mol. The molecular formula is C10H15N3O. The van der Waals surface area contributed by atoms with Crippen molar-refractivity contribution in [2.24, 2.45) is 10.9 Å². The normalized spacial score (nSPS) is 13.6. The smallest absolute Gasteiger partial charge is 0.161 e. The van der Waals surface area contributed by atoms with Gasteiger partial charge in [0.15, 0.2) is 5.84 Å². The molecule has 1 atom stereocenters. The second-order valence-electron chi connectivity index (χ2n) is 3.00. The number of amidine groups is 1. The van der Waals surface area contributed by atoms with E-state index in [4.69, 9.17) is 10.9 Å². The molecule has 0 radical (unpaired) electrons. The van der Waals surface area contributed by atoms with E-state index in [1.165, 1.54) is 0 Å². The molecule has 0 amide bonds. The number of nitrogens with one attached hydrogen (secondary N) is 1. The highest BCUT2D eigenvalue weighted by atomic mass is 16.4. The van der Waals surface area contributed by atoms with Crippen molar-refractivity contribution in [1.82, 2.24) is 0 Å². The third kappa shape index (κ3) is 2.65. The van der Waals surface area contributed by atoms with Crippen LogP contribution in [0.15, 0.2) is 35.5 Å². The standard InChI is InChI=1S/C10H15N3O/c1-2-9(10(11)13-14)12-8-6-4-3-5-7-8/h3-7,9,12,14H,2H2,1H3,(H2,11,13). The van der Waals surface area contributed by atoms with Gasteiger partial charge < -0.3 is 16.3 Å². The van der Waals surface area contributed by atoms with Gasteiger partial charge in [-0.2, -0.15) is 0 Å². The lowest BCUT2D eigenvalue weighted by Crippen LogP contribution is -2.35. The third-order valence-electron chi connectivity index (χ3n) is 2.00. The molecule has 0 bridgehead atoms. The van der Waals surface area contributed by atoms with Gasteiger partial charge in [-0.05, 0) is 18.6 Å². The largest absolute Gasteiger partial charge is 0.409 e. The molecule has 0 aliphatic heterocycles. The molecule has 1 rings (SSSR count). The summed E-state index contributed by atoms with van der Waals surface area (Å²) in [6, 6.07) is 9.56. The molecule has 4 heteroatoms. The van der Waals surface area contributed by atoms with Crippen molar-refractivity contribution in [3.8, 4) is 0 Å². The number of hydrogen-bond donors (Lipinski definition) is 3. The first-order valence-electron chi connectivity index (χ1n) is 4.57. The van der Waals surface area contributed by atoms with E-state index in [1.54, 1.807) is 0 Å². The first kappa shape index (κ1) is 10.4. The van der Waals surface area contributed by atoms with Crippen molar-refractivity contribution in [2.45, 2.75) is 19.4 Å². The highest BCUT2D eigenvalue weighted by molar-refractivity contribution is 5.87. The zero-order chi connectivity index (χ0) is 10.4. The Morgan fingerprint density at radius 2 is 2.14 bits per heavy atom. The second kappa shape index (κ2) is 5.11. The van der Waals surface area contributed by atoms with Crippen LogP contribution in [0.1, 0.15) is 13.3 Å². The van der Waals surface area contributed by atoms with Crippen molar-refractivity contribution in [3.05, 3.63) is 30.3 Å². The molecule has 76 valence electrons. The molecule has 0 aliphatic rings. The lowest BCUT2D eigenvalue weighted by atomic mass is 10.2. The summed E-state index contributed by atoms with van der Waals surface area (Å²) >= 11 is 0. The van der Waals surface area contributed by atoms with Crippen LogP contribution in [0.3, 0.4) is 0 Å². The highest BCUT2D eigenvalue weighted by Gasteiger charge is 2.10. The van der Waals surface area contributed by atoms with Crippen molar-refractivity contribution in [3.63, 3.8) is 0 Å². The Labute approximate surface area is 83.4 Å². The number of benzene rings is 1. The van der Waals surface area contributed by atoms with Gasteiger partial charge in [0.2, 0.25) is 0 Å². The van der Waals surface area contributed by atoms with Crippen LogP contribution in [-0.4, -0.2) is 17.1 Å². The summed E-state index contributed by atoms with van der Waals surface area (Å²) in [5, 5.41) is 14.7. The van der Waals surface area contributed by atoms with E-state index < -0.39 is 0 Å². The summed E-state index contributed by atoms with van der Waals surface area (Å²) in [5.74, 6) is 0.205. The maximum absolute atomic E-state index is 8.54. The first-order valence-corrected chi connectivity index (χ1v) is 4.57. The summed E-state index contributed by atoms with van der Waals surface area (Å²) < 4.78 is 0. The predicted octanol–water partition coefficient (Wildman–Crippen LogP) is 1.62. The van der Waals surface area contributed by atoms with Crippen LogP contribution in [0.2, 0.25) is 0 Å². The van der Waals surface area contributed by atoms with E-state index in [2.05, 4.69) is 10.5 Å². The van der Waals surface area contributed by atoms with Crippen molar-refractivity contribution < 1.29 is 5.21 Å². The molecule has 1 aromatic carbocycles. The Morgan fingerprint density at radius 1 is 1.50 bits per heavy atom. The van der Waals surface area contributed by atoms with Gasteiger partial charge in [-0.1, -0.05) is 30.3 Å². The summed E-state index contributed by atoms with van der Waals surface area (Å²) in [7, 11) is 0. The second-order valence-corrected chi connectivity index (χ2v) is 3.00. The summed E-state index contributed by atoms with van der Waals surface area (Å²) in [6.45, 7) is 1.97. The molecule has 0 saturated carbocycles. The number of oxime groups is 1. The SMILES string of the molecule is CCC(Nc1ccccc1)C(N)=NO. The molecule has 1 unspecified atom stereocenters. The van der Waals surface area contributed by atoms with E-state index in [1.807, 2.05) is 37.3 Å². The minimum atomic E-state index is -0.123. The average Bonchev–Trinajstić information content (AvgIpc) is 2.26.